The number of benzene rings is 2. The average Bonchev–Trinajstić information content (AvgIpc) is 2.64. The Morgan fingerprint density at radius 2 is 1.62 bits per heavy atom. The van der Waals surface area contributed by atoms with Gasteiger partial charge in [-0.15, -0.1) is 0 Å². The maximum absolute atomic E-state index is 13.2. The molecule has 1 unspecified atom stereocenters. The second kappa shape index (κ2) is 9.09. The zero-order chi connectivity index (χ0) is 21.8. The van der Waals surface area contributed by atoms with E-state index in [1.54, 1.807) is 42.5 Å². The van der Waals surface area contributed by atoms with Gasteiger partial charge in [0.25, 0.3) is 11.8 Å². The summed E-state index contributed by atoms with van der Waals surface area (Å²) in [7, 11) is 0. The molecule has 2 rings (SSSR count). The average molecular weight is 461 g/mol. The first-order valence-electron chi connectivity index (χ1n) is 9.06. The minimum absolute atomic E-state index is 0.287. The maximum atomic E-state index is 13.2. The van der Waals surface area contributed by atoms with Crippen molar-refractivity contribution in [3.63, 3.8) is 0 Å². The zero-order valence-electron chi connectivity index (χ0n) is 16.8. The van der Waals surface area contributed by atoms with E-state index in [1.807, 2.05) is 33.8 Å². The zero-order valence-corrected chi connectivity index (χ0v) is 18.4. The van der Waals surface area contributed by atoms with Crippen LogP contribution in [0.25, 0.3) is 0 Å². The summed E-state index contributed by atoms with van der Waals surface area (Å²) in [6.07, 6.45) is 0. The Hall–Kier alpha value is -2.87. The molecule has 0 bridgehead atoms. The van der Waals surface area contributed by atoms with E-state index in [0.29, 0.717) is 21.3 Å². The molecule has 0 aromatic heterocycles. The van der Waals surface area contributed by atoms with Crippen LogP contribution in [-0.4, -0.2) is 28.9 Å². The lowest BCUT2D eigenvalue weighted by Crippen LogP contribution is -2.55. The number of hydrogen-bond acceptors (Lipinski definition) is 3. The molecule has 154 valence electrons. The Labute approximate surface area is 178 Å². The van der Waals surface area contributed by atoms with Crippen LogP contribution >= 0.6 is 15.9 Å². The predicted molar refractivity (Wildman–Crippen MR) is 116 cm³/mol. The second-order valence-electron chi connectivity index (χ2n) is 7.70. The molecule has 0 saturated heterocycles. The molecule has 2 aromatic rings. The third kappa shape index (κ3) is 5.80. The van der Waals surface area contributed by atoms with Crippen LogP contribution in [0.15, 0.2) is 53.0 Å². The van der Waals surface area contributed by atoms with Crippen molar-refractivity contribution >= 4 is 39.5 Å². The van der Waals surface area contributed by atoms with E-state index < -0.39 is 11.9 Å². The fraction of sp³-hybridized carbons (Fsp3) is 0.286. The third-order valence-corrected chi connectivity index (χ3v) is 5.29. The van der Waals surface area contributed by atoms with Gasteiger partial charge in [0.15, 0.2) is 0 Å². The smallest absolute Gasteiger partial charge is 0.316 e. The van der Waals surface area contributed by atoms with Gasteiger partial charge < -0.3 is 11.1 Å². The number of nitrogens with two attached hydrogens (primary N) is 1. The monoisotopic (exact) mass is 460 g/mol. The van der Waals surface area contributed by atoms with E-state index in [-0.39, 0.29) is 17.4 Å². The van der Waals surface area contributed by atoms with Crippen LogP contribution < -0.4 is 16.5 Å². The molecule has 0 heterocycles. The maximum Gasteiger partial charge on any atom is 0.316 e. The molecule has 4 N–H and O–H groups in total. The summed E-state index contributed by atoms with van der Waals surface area (Å²) >= 11 is 3.36. The van der Waals surface area contributed by atoms with Crippen molar-refractivity contribution in [1.29, 1.82) is 0 Å². The first-order chi connectivity index (χ1) is 13.5. The molecule has 7 nitrogen and oxygen atoms in total. The third-order valence-electron chi connectivity index (χ3n) is 4.60. The minimum atomic E-state index is -0.687. The molecular formula is C21H25BrN4O3. The van der Waals surface area contributed by atoms with Gasteiger partial charge in [-0.25, -0.2) is 9.80 Å². The summed E-state index contributed by atoms with van der Waals surface area (Å²) in [4.78, 5) is 37.0. The number of carbonyl (C=O) groups excluding carboxylic acids is 3. The number of carbonyl (C=O) groups is 3. The Morgan fingerprint density at radius 1 is 1.03 bits per heavy atom. The largest absolute Gasteiger partial charge is 0.351 e. The molecule has 0 aliphatic heterocycles. The number of primary amides is 1. The van der Waals surface area contributed by atoms with Crippen molar-refractivity contribution in [2.45, 2.75) is 33.7 Å². The van der Waals surface area contributed by atoms with E-state index in [2.05, 4.69) is 26.7 Å². The summed E-state index contributed by atoms with van der Waals surface area (Å²) < 4.78 is 0.634. The van der Waals surface area contributed by atoms with Crippen molar-refractivity contribution in [3.8, 4) is 0 Å². The lowest BCUT2D eigenvalue weighted by molar-refractivity contribution is 0.0337. The number of halogens is 1. The fourth-order valence-corrected chi connectivity index (χ4v) is 2.97. The van der Waals surface area contributed by atoms with Crippen LogP contribution in [0.2, 0.25) is 0 Å². The number of urea groups is 1. The van der Waals surface area contributed by atoms with Crippen LogP contribution in [0.4, 0.5) is 10.5 Å². The SMILES string of the molecule is CC(N(NC(=O)c1ccccc1Br)C(=O)c1ccc(NC(N)=O)cc1)C(C)(C)C. The Morgan fingerprint density at radius 3 is 2.14 bits per heavy atom. The number of hydrogen-bond donors (Lipinski definition) is 3. The molecular weight excluding hydrogens is 436 g/mol. The van der Waals surface area contributed by atoms with Crippen molar-refractivity contribution in [3.05, 3.63) is 64.1 Å². The number of rotatable bonds is 4. The second-order valence-corrected chi connectivity index (χ2v) is 8.56. The molecule has 29 heavy (non-hydrogen) atoms. The summed E-state index contributed by atoms with van der Waals surface area (Å²) in [5, 5.41) is 3.79. The van der Waals surface area contributed by atoms with E-state index in [0.717, 1.165) is 0 Å². The van der Waals surface area contributed by atoms with Crippen LogP contribution in [0, 0.1) is 5.41 Å². The van der Waals surface area contributed by atoms with Gasteiger partial charge in [-0.05, 0) is 64.7 Å². The van der Waals surface area contributed by atoms with Crippen LogP contribution in [0.3, 0.4) is 0 Å². The van der Waals surface area contributed by atoms with Crippen LogP contribution in [0.1, 0.15) is 48.4 Å². The van der Waals surface area contributed by atoms with Gasteiger partial charge in [0, 0.05) is 15.7 Å². The highest BCUT2D eigenvalue weighted by molar-refractivity contribution is 9.10. The normalized spacial score (nSPS) is 12.0. The van der Waals surface area contributed by atoms with Gasteiger partial charge >= 0.3 is 6.03 Å². The molecule has 8 heteroatoms. The highest BCUT2D eigenvalue weighted by atomic mass is 79.9. The van der Waals surface area contributed by atoms with Crippen LogP contribution in [0.5, 0.6) is 0 Å². The molecule has 2 aromatic carbocycles. The van der Waals surface area contributed by atoms with Gasteiger partial charge in [0.1, 0.15) is 0 Å². The Kier molecular flexibility index (Phi) is 7.02. The number of nitrogens with one attached hydrogen (secondary N) is 2. The summed E-state index contributed by atoms with van der Waals surface area (Å²) in [5.41, 5.74) is 8.83. The molecule has 0 aliphatic carbocycles. The molecule has 0 saturated carbocycles. The van der Waals surface area contributed by atoms with Gasteiger partial charge in [-0.3, -0.25) is 15.0 Å². The number of nitrogens with zero attached hydrogens (tertiary/aromatic N) is 1. The van der Waals surface area contributed by atoms with E-state index >= 15 is 0 Å². The number of hydrazine groups is 1. The van der Waals surface area contributed by atoms with Crippen molar-refractivity contribution in [2.24, 2.45) is 11.1 Å². The molecule has 0 spiro atoms. The molecule has 1 atom stereocenters. The van der Waals surface area contributed by atoms with E-state index in [4.69, 9.17) is 5.73 Å². The van der Waals surface area contributed by atoms with Gasteiger partial charge in [0.2, 0.25) is 0 Å². The molecule has 0 radical (unpaired) electrons. The minimum Gasteiger partial charge on any atom is -0.351 e. The van der Waals surface area contributed by atoms with Crippen molar-refractivity contribution < 1.29 is 14.4 Å². The number of amides is 4. The summed E-state index contributed by atoms with van der Waals surface area (Å²) in [6.45, 7) is 7.84. The standard InChI is InChI=1S/C21H25BrN4O3/c1-13(21(2,3)4)26(25-18(27)16-7-5-6-8-17(16)22)19(28)14-9-11-15(12-10-14)24-20(23)29/h5-13H,1-4H3,(H,25,27)(H3,23,24,29). The summed E-state index contributed by atoms with van der Waals surface area (Å²) in [5.74, 6) is -0.757. The first kappa shape index (κ1) is 22.4. The van der Waals surface area contributed by atoms with Crippen molar-refractivity contribution in [2.75, 3.05) is 5.32 Å². The molecule has 4 amide bonds. The first-order valence-corrected chi connectivity index (χ1v) is 9.85. The highest BCUT2D eigenvalue weighted by Gasteiger charge is 2.32. The number of anilines is 1. The highest BCUT2D eigenvalue weighted by Crippen LogP contribution is 2.25. The summed E-state index contributed by atoms with van der Waals surface area (Å²) in [6, 6.07) is 12.3. The molecule has 0 fully saturated rings. The topological polar surface area (TPSA) is 105 Å². The quantitative estimate of drug-likeness (QED) is 0.596. The van der Waals surface area contributed by atoms with Crippen LogP contribution in [-0.2, 0) is 0 Å². The van der Waals surface area contributed by atoms with Gasteiger partial charge in [0.05, 0.1) is 11.6 Å². The Balaban J connectivity index is 2.32. The van der Waals surface area contributed by atoms with E-state index in [1.165, 1.54) is 5.01 Å². The van der Waals surface area contributed by atoms with Crippen molar-refractivity contribution in [1.82, 2.24) is 10.4 Å². The van der Waals surface area contributed by atoms with E-state index in [9.17, 15) is 14.4 Å². The predicted octanol–water partition coefficient (Wildman–Crippen LogP) is 4.16. The van der Waals surface area contributed by atoms with Gasteiger partial charge in [-0.1, -0.05) is 32.9 Å². The lowest BCUT2D eigenvalue weighted by atomic mass is 9.87. The Bertz CT molecular complexity index is 907. The lowest BCUT2D eigenvalue weighted by Gasteiger charge is -2.37. The fourth-order valence-electron chi connectivity index (χ4n) is 2.50. The molecule has 0 aliphatic rings. The van der Waals surface area contributed by atoms with Gasteiger partial charge in [-0.2, -0.15) is 0 Å².